The molecule has 0 fully saturated rings. The lowest BCUT2D eigenvalue weighted by Crippen LogP contribution is -2.24. The number of rotatable bonds is 5. The van der Waals surface area contributed by atoms with E-state index in [1.165, 1.54) is 66.9 Å². The van der Waals surface area contributed by atoms with E-state index in [1.807, 2.05) is 0 Å². The number of hydrogen-bond acceptors (Lipinski definition) is 8. The monoisotopic (exact) mass is 657 g/mol. The fourth-order valence-corrected chi connectivity index (χ4v) is 7.31. The summed E-state index contributed by atoms with van der Waals surface area (Å²) >= 11 is 24.0. The number of amides is 2. The number of nitrogens with one attached hydrogen (secondary N) is 2. The van der Waals surface area contributed by atoms with Crippen molar-refractivity contribution < 1.29 is 30.4 Å². The number of halogens is 4. The molecule has 3 N–H and O–H groups in total. The zero-order valence-corrected chi connectivity index (χ0v) is 24.2. The van der Waals surface area contributed by atoms with Crippen LogP contribution in [0.2, 0.25) is 20.1 Å². The van der Waals surface area contributed by atoms with Gasteiger partial charge in [0.15, 0.2) is 5.13 Å². The third-order valence-corrected chi connectivity index (χ3v) is 9.31. The molecule has 0 aliphatic carbocycles. The summed E-state index contributed by atoms with van der Waals surface area (Å²) in [5.41, 5.74) is 0.585. The van der Waals surface area contributed by atoms with Gasteiger partial charge in [-0.3, -0.25) is 9.87 Å². The van der Waals surface area contributed by atoms with Crippen LogP contribution in [0.1, 0.15) is 0 Å². The summed E-state index contributed by atoms with van der Waals surface area (Å²) in [6.45, 7) is 0. The van der Waals surface area contributed by atoms with Gasteiger partial charge >= 0.3 is 16.1 Å². The van der Waals surface area contributed by atoms with E-state index in [9.17, 15) is 21.6 Å². The van der Waals surface area contributed by atoms with Crippen LogP contribution in [0.4, 0.5) is 9.93 Å². The van der Waals surface area contributed by atoms with Crippen molar-refractivity contribution in [2.45, 2.75) is 9.79 Å². The molecule has 0 saturated heterocycles. The topological polar surface area (TPSA) is 152 Å². The maximum absolute atomic E-state index is 12.5. The lowest BCUT2D eigenvalue weighted by Gasteiger charge is -2.09. The molecule has 17 heteroatoms. The SMILES string of the molecule is CNC(=O)Nc1nc2ccc(OS(=O)(=O)c3c(Cl)cccc3Cl)cc2s1.O=S(=O)(O)c1c(Cl)cccc1Cl. The van der Waals surface area contributed by atoms with Crippen LogP contribution in [0.15, 0.2) is 64.4 Å². The largest absolute Gasteiger partial charge is 0.379 e. The maximum Gasteiger partial charge on any atom is 0.342 e. The van der Waals surface area contributed by atoms with Gasteiger partial charge in [-0.15, -0.1) is 0 Å². The first-order valence-corrected chi connectivity index (χ1v) is 15.1. The second-order valence-electron chi connectivity index (χ2n) is 6.97. The molecule has 0 aliphatic rings. The highest BCUT2D eigenvalue weighted by Crippen LogP contribution is 2.34. The fraction of sp³-hybridized carbons (Fsp3) is 0.0476. The summed E-state index contributed by atoms with van der Waals surface area (Å²) in [7, 11) is -7.06. The number of nitrogens with zero attached hydrogens (tertiary/aromatic N) is 1. The van der Waals surface area contributed by atoms with Crippen LogP contribution in [-0.2, 0) is 20.2 Å². The van der Waals surface area contributed by atoms with Crippen LogP contribution in [0.25, 0.3) is 10.2 Å². The van der Waals surface area contributed by atoms with Crippen molar-refractivity contribution in [3.8, 4) is 5.75 Å². The van der Waals surface area contributed by atoms with Gasteiger partial charge in [-0.25, -0.2) is 9.78 Å². The molecular formula is C21H15Cl4N3O7S3. The Bertz CT molecular complexity index is 1690. The molecule has 0 saturated carbocycles. The molecular weight excluding hydrogens is 644 g/mol. The van der Waals surface area contributed by atoms with E-state index in [4.69, 9.17) is 55.1 Å². The molecule has 0 bridgehead atoms. The first-order chi connectivity index (χ1) is 17.7. The van der Waals surface area contributed by atoms with Gasteiger partial charge < -0.3 is 9.50 Å². The lowest BCUT2D eigenvalue weighted by atomic mass is 10.3. The van der Waals surface area contributed by atoms with Gasteiger partial charge in [0.2, 0.25) is 0 Å². The minimum atomic E-state index is -4.33. The predicted molar refractivity (Wildman–Crippen MR) is 148 cm³/mol. The first kappa shape index (κ1) is 30.2. The number of carbonyl (C=O) groups excluding carboxylic acids is 1. The van der Waals surface area contributed by atoms with Crippen LogP contribution in [0.3, 0.4) is 0 Å². The standard InChI is InChI=1S/C15H11Cl2N3O4S2.C6H4Cl2O3S/c1-18-14(21)20-15-19-11-6-5-8(7-12(11)25-15)24-26(22,23)13-9(16)3-2-4-10(13)17;7-4-2-1-3-5(8)6(4)12(9,10)11/h2-7H,1H3,(H2,18,19,20,21);1-3H,(H,9,10,11). The number of thiazole rings is 1. The summed E-state index contributed by atoms with van der Waals surface area (Å²) in [5, 5.41) is 5.09. The van der Waals surface area contributed by atoms with Crippen molar-refractivity contribution in [3.63, 3.8) is 0 Å². The third-order valence-electron chi connectivity index (χ3n) is 4.36. The van der Waals surface area contributed by atoms with Crippen molar-refractivity contribution in [2.75, 3.05) is 12.4 Å². The number of benzene rings is 3. The summed E-state index contributed by atoms with van der Waals surface area (Å²) in [6, 6.07) is 12.6. The molecule has 4 rings (SSSR count). The number of anilines is 1. The molecule has 38 heavy (non-hydrogen) atoms. The Labute approximate surface area is 241 Å². The minimum absolute atomic E-state index is 0.0339. The van der Waals surface area contributed by atoms with Crippen molar-refractivity contribution >= 4 is 99.4 Å². The second-order valence-corrected chi connectivity index (χ2v) is 12.5. The summed E-state index contributed by atoms with van der Waals surface area (Å²) in [4.78, 5) is 14.8. The Kier molecular flexibility index (Phi) is 9.71. The zero-order chi connectivity index (χ0) is 28.3. The molecule has 2 amide bonds. The molecule has 3 aromatic carbocycles. The number of fused-ring (bicyclic) bond motifs is 1. The third kappa shape index (κ3) is 7.39. The summed E-state index contributed by atoms with van der Waals surface area (Å²) in [5.74, 6) is 0.0728. The van der Waals surface area contributed by atoms with Crippen molar-refractivity contribution in [1.29, 1.82) is 0 Å². The Morgan fingerprint density at radius 3 is 1.89 bits per heavy atom. The minimum Gasteiger partial charge on any atom is -0.379 e. The van der Waals surface area contributed by atoms with Gasteiger partial charge in [-0.2, -0.15) is 16.8 Å². The Morgan fingerprint density at radius 2 is 1.42 bits per heavy atom. The van der Waals surface area contributed by atoms with Crippen LogP contribution in [-0.4, -0.2) is 39.5 Å². The number of aromatic nitrogens is 1. The zero-order valence-electron chi connectivity index (χ0n) is 18.8. The Hall–Kier alpha value is -2.36. The molecule has 202 valence electrons. The molecule has 0 atom stereocenters. The van der Waals surface area contributed by atoms with Crippen LogP contribution >= 0.6 is 57.7 Å². The van der Waals surface area contributed by atoms with Gasteiger partial charge in [0.05, 0.1) is 30.3 Å². The predicted octanol–water partition coefficient (Wildman–Crippen LogP) is 6.36. The smallest absolute Gasteiger partial charge is 0.342 e. The molecule has 4 aromatic rings. The van der Waals surface area contributed by atoms with Crippen molar-refractivity contribution in [1.82, 2.24) is 10.3 Å². The van der Waals surface area contributed by atoms with Crippen molar-refractivity contribution in [2.24, 2.45) is 0 Å². The molecule has 0 spiro atoms. The number of hydrogen-bond donors (Lipinski definition) is 3. The van der Waals surface area contributed by atoms with E-state index in [0.29, 0.717) is 15.3 Å². The fourth-order valence-electron chi connectivity index (χ4n) is 2.79. The summed E-state index contributed by atoms with van der Waals surface area (Å²) < 4.78 is 60.8. The lowest BCUT2D eigenvalue weighted by molar-refractivity contribution is 0.254. The molecule has 0 radical (unpaired) electrons. The van der Waals surface area contributed by atoms with E-state index >= 15 is 0 Å². The van der Waals surface area contributed by atoms with Gasteiger partial charge in [0.25, 0.3) is 10.1 Å². The highest BCUT2D eigenvalue weighted by molar-refractivity contribution is 7.87. The number of carbonyl (C=O) groups is 1. The molecule has 0 unspecified atom stereocenters. The Morgan fingerprint density at radius 1 is 0.895 bits per heavy atom. The first-order valence-electron chi connectivity index (χ1n) is 9.92. The average molecular weight is 659 g/mol. The summed E-state index contributed by atoms with van der Waals surface area (Å²) in [6.07, 6.45) is 0. The van der Waals surface area contributed by atoms with E-state index in [0.717, 1.165) is 0 Å². The second kappa shape index (κ2) is 12.2. The average Bonchev–Trinajstić information content (AvgIpc) is 3.19. The quantitative estimate of drug-likeness (QED) is 0.165. The van der Waals surface area contributed by atoms with Crippen LogP contribution in [0.5, 0.6) is 5.75 Å². The maximum atomic E-state index is 12.5. The van der Waals surface area contributed by atoms with E-state index in [2.05, 4.69) is 15.6 Å². The van der Waals surface area contributed by atoms with Crippen LogP contribution < -0.4 is 14.8 Å². The van der Waals surface area contributed by atoms with Gasteiger partial charge in [-0.1, -0.05) is 69.9 Å². The van der Waals surface area contributed by atoms with E-state index in [1.54, 1.807) is 6.07 Å². The van der Waals surface area contributed by atoms with Crippen LogP contribution in [0, 0.1) is 0 Å². The number of urea groups is 1. The van der Waals surface area contributed by atoms with Gasteiger partial charge in [0.1, 0.15) is 15.5 Å². The van der Waals surface area contributed by atoms with E-state index in [-0.39, 0.29) is 30.7 Å². The highest BCUT2D eigenvalue weighted by atomic mass is 35.5. The molecule has 10 nitrogen and oxygen atoms in total. The molecule has 0 aliphatic heterocycles. The normalized spacial score (nSPS) is 11.4. The van der Waals surface area contributed by atoms with E-state index < -0.39 is 31.2 Å². The highest BCUT2D eigenvalue weighted by Gasteiger charge is 2.24. The molecule has 1 heterocycles. The van der Waals surface area contributed by atoms with Gasteiger partial charge in [0, 0.05) is 13.1 Å². The van der Waals surface area contributed by atoms with Crippen molar-refractivity contribution in [3.05, 3.63) is 74.7 Å². The Balaban J connectivity index is 0.000000279. The van der Waals surface area contributed by atoms with Gasteiger partial charge in [-0.05, 0) is 36.4 Å². The molecule has 1 aromatic heterocycles.